The van der Waals surface area contributed by atoms with E-state index in [1.807, 2.05) is 0 Å². The van der Waals surface area contributed by atoms with Crippen LogP contribution in [0.15, 0.2) is 0 Å². The topological polar surface area (TPSA) is 116 Å². The minimum Gasteiger partial charge on any atom is -0.481 e. The molecule has 21 heavy (non-hydrogen) atoms. The molecule has 2 heterocycles. The van der Waals surface area contributed by atoms with E-state index in [1.165, 1.54) is 9.36 Å². The average Bonchev–Trinajstić information content (AvgIpc) is 2.79. The average molecular weight is 293 g/mol. The lowest BCUT2D eigenvalue weighted by atomic mass is 10.1. The lowest BCUT2D eigenvalue weighted by Gasteiger charge is -2.04. The summed E-state index contributed by atoms with van der Waals surface area (Å²) >= 11 is 0. The van der Waals surface area contributed by atoms with Crippen molar-refractivity contribution in [3.05, 3.63) is 32.8 Å². The summed E-state index contributed by atoms with van der Waals surface area (Å²) in [6.07, 6.45) is -0.178. The highest BCUT2D eigenvalue weighted by Crippen LogP contribution is 2.28. The van der Waals surface area contributed by atoms with Crippen LogP contribution in [0.2, 0.25) is 0 Å². The summed E-state index contributed by atoms with van der Waals surface area (Å²) in [7, 11) is 1.59. The first-order valence-corrected chi connectivity index (χ1v) is 6.19. The van der Waals surface area contributed by atoms with Crippen LogP contribution in [0.5, 0.6) is 0 Å². The molecule has 2 aromatic heterocycles. The van der Waals surface area contributed by atoms with Crippen LogP contribution < -0.4 is 0 Å². The molecule has 0 saturated heterocycles. The Bertz CT molecular complexity index is 743. The molecule has 0 saturated carbocycles. The molecule has 0 atom stereocenters. The maximum atomic E-state index is 11.2. The Morgan fingerprint density at radius 3 is 2.43 bits per heavy atom. The van der Waals surface area contributed by atoms with Crippen molar-refractivity contribution in [3.63, 3.8) is 0 Å². The summed E-state index contributed by atoms with van der Waals surface area (Å²) in [5.41, 5.74) is 1.79. The zero-order valence-electron chi connectivity index (χ0n) is 12.1. The summed E-state index contributed by atoms with van der Waals surface area (Å²) < 4.78 is 2.75. The minimum absolute atomic E-state index is 0.134. The number of nitro groups is 1. The molecule has 0 unspecified atom stereocenters. The van der Waals surface area contributed by atoms with Crippen LogP contribution in [-0.4, -0.2) is 35.6 Å². The van der Waals surface area contributed by atoms with Crippen molar-refractivity contribution in [2.75, 3.05) is 0 Å². The van der Waals surface area contributed by atoms with E-state index in [4.69, 9.17) is 5.11 Å². The van der Waals surface area contributed by atoms with E-state index in [9.17, 15) is 14.9 Å². The predicted octanol–water partition coefficient (Wildman–Crippen LogP) is 1.07. The molecule has 9 nitrogen and oxygen atoms in total. The standard InChI is InChI=1S/C12H15N5O4/c1-6-9(5-10(18)19)8(3)16(14-6)12-11(17(20)21)7(2)13-15(12)4/h5H2,1-4H3,(H,18,19). The van der Waals surface area contributed by atoms with Crippen molar-refractivity contribution >= 4 is 11.7 Å². The van der Waals surface area contributed by atoms with Gasteiger partial charge < -0.3 is 5.11 Å². The Labute approximate surface area is 120 Å². The maximum Gasteiger partial charge on any atom is 0.336 e. The molecular weight excluding hydrogens is 278 g/mol. The van der Waals surface area contributed by atoms with Gasteiger partial charge in [0.2, 0.25) is 5.82 Å². The highest BCUT2D eigenvalue weighted by atomic mass is 16.6. The molecule has 9 heteroatoms. The molecule has 0 aromatic carbocycles. The van der Waals surface area contributed by atoms with Crippen LogP contribution in [0, 0.1) is 30.9 Å². The SMILES string of the molecule is Cc1nn(-c2c([N+](=O)[O-])c(C)nn2C)c(C)c1CC(=O)O. The molecule has 0 aliphatic carbocycles. The summed E-state index contributed by atoms with van der Waals surface area (Å²) in [6, 6.07) is 0. The van der Waals surface area contributed by atoms with Crippen LogP contribution in [0.4, 0.5) is 5.69 Å². The van der Waals surface area contributed by atoms with Crippen LogP contribution in [0.1, 0.15) is 22.6 Å². The van der Waals surface area contributed by atoms with Crippen molar-refractivity contribution in [3.8, 4) is 5.82 Å². The Hall–Kier alpha value is -2.71. The molecular formula is C12H15N5O4. The summed E-state index contributed by atoms with van der Waals surface area (Å²) in [4.78, 5) is 21.6. The zero-order chi connectivity index (χ0) is 15.9. The smallest absolute Gasteiger partial charge is 0.336 e. The van der Waals surface area contributed by atoms with Gasteiger partial charge in [-0.3, -0.25) is 14.9 Å². The van der Waals surface area contributed by atoms with Gasteiger partial charge in [0.25, 0.3) is 0 Å². The largest absolute Gasteiger partial charge is 0.481 e. The van der Waals surface area contributed by atoms with E-state index in [-0.39, 0.29) is 23.6 Å². The van der Waals surface area contributed by atoms with Gasteiger partial charge in [-0.05, 0) is 20.8 Å². The van der Waals surface area contributed by atoms with E-state index in [1.54, 1.807) is 27.8 Å². The van der Waals surface area contributed by atoms with E-state index in [0.29, 0.717) is 17.0 Å². The Balaban J connectivity index is 2.69. The van der Waals surface area contributed by atoms with E-state index >= 15 is 0 Å². The number of aromatic nitrogens is 4. The molecule has 0 aliphatic rings. The molecule has 0 bridgehead atoms. The number of hydrogen-bond donors (Lipinski definition) is 1. The molecule has 0 spiro atoms. The van der Waals surface area contributed by atoms with E-state index in [0.717, 1.165) is 0 Å². The first kappa shape index (κ1) is 14.7. The number of carbonyl (C=O) groups is 1. The predicted molar refractivity (Wildman–Crippen MR) is 72.5 cm³/mol. The van der Waals surface area contributed by atoms with Gasteiger partial charge in [0.05, 0.1) is 17.0 Å². The molecule has 112 valence electrons. The number of carboxylic acid groups (broad SMARTS) is 1. The second kappa shape index (κ2) is 5.00. The Morgan fingerprint density at radius 1 is 1.29 bits per heavy atom. The van der Waals surface area contributed by atoms with E-state index < -0.39 is 10.9 Å². The lowest BCUT2D eigenvalue weighted by molar-refractivity contribution is -0.385. The second-order valence-electron chi connectivity index (χ2n) is 4.77. The fourth-order valence-corrected chi connectivity index (χ4v) is 2.37. The summed E-state index contributed by atoms with van der Waals surface area (Å²) in [5.74, 6) is -0.758. The molecule has 1 N–H and O–H groups in total. The van der Waals surface area contributed by atoms with Gasteiger partial charge in [-0.2, -0.15) is 10.2 Å². The fraction of sp³-hybridized carbons (Fsp3) is 0.417. The molecule has 0 aliphatic heterocycles. The molecule has 0 amide bonds. The summed E-state index contributed by atoms with van der Waals surface area (Å²) in [6.45, 7) is 4.91. The first-order chi connectivity index (χ1) is 9.73. The number of rotatable bonds is 4. The van der Waals surface area contributed by atoms with Crippen molar-refractivity contribution in [1.82, 2.24) is 19.6 Å². The molecule has 0 fully saturated rings. The van der Waals surface area contributed by atoms with Crippen LogP contribution in [-0.2, 0) is 18.3 Å². The van der Waals surface area contributed by atoms with Crippen molar-refractivity contribution in [2.45, 2.75) is 27.2 Å². The van der Waals surface area contributed by atoms with Crippen LogP contribution in [0.3, 0.4) is 0 Å². The number of nitrogens with zero attached hydrogens (tertiary/aromatic N) is 5. The monoisotopic (exact) mass is 293 g/mol. The van der Waals surface area contributed by atoms with Gasteiger partial charge in [0.1, 0.15) is 5.69 Å². The van der Waals surface area contributed by atoms with Crippen molar-refractivity contribution in [2.24, 2.45) is 7.05 Å². The van der Waals surface area contributed by atoms with Gasteiger partial charge in [-0.1, -0.05) is 0 Å². The maximum absolute atomic E-state index is 11.2. The normalized spacial score (nSPS) is 10.9. The van der Waals surface area contributed by atoms with Crippen LogP contribution in [0.25, 0.3) is 5.82 Å². The Kier molecular flexibility index (Phi) is 3.50. The molecule has 2 aromatic rings. The van der Waals surface area contributed by atoms with Gasteiger partial charge in [-0.25, -0.2) is 9.36 Å². The van der Waals surface area contributed by atoms with Gasteiger partial charge >= 0.3 is 11.7 Å². The quantitative estimate of drug-likeness (QED) is 0.665. The molecule has 2 rings (SSSR count). The highest BCUT2D eigenvalue weighted by Gasteiger charge is 2.28. The Morgan fingerprint density at radius 2 is 1.90 bits per heavy atom. The number of carboxylic acids is 1. The summed E-state index contributed by atoms with van der Waals surface area (Å²) in [5, 5.41) is 28.4. The highest BCUT2D eigenvalue weighted by molar-refractivity contribution is 5.71. The number of aliphatic carboxylic acids is 1. The first-order valence-electron chi connectivity index (χ1n) is 6.19. The van der Waals surface area contributed by atoms with Crippen LogP contribution >= 0.6 is 0 Å². The molecule has 0 radical (unpaired) electrons. The lowest BCUT2D eigenvalue weighted by Crippen LogP contribution is -2.09. The number of hydrogen-bond acceptors (Lipinski definition) is 5. The van der Waals surface area contributed by atoms with Gasteiger partial charge in [-0.15, -0.1) is 0 Å². The third kappa shape index (κ3) is 2.37. The van der Waals surface area contributed by atoms with Gasteiger partial charge in [0, 0.05) is 18.3 Å². The third-order valence-electron chi connectivity index (χ3n) is 3.31. The second-order valence-corrected chi connectivity index (χ2v) is 4.77. The zero-order valence-corrected chi connectivity index (χ0v) is 12.1. The van der Waals surface area contributed by atoms with Gasteiger partial charge in [0.15, 0.2) is 0 Å². The van der Waals surface area contributed by atoms with Crippen molar-refractivity contribution < 1.29 is 14.8 Å². The minimum atomic E-state index is -0.976. The van der Waals surface area contributed by atoms with E-state index in [2.05, 4.69) is 10.2 Å². The van der Waals surface area contributed by atoms with Crippen molar-refractivity contribution in [1.29, 1.82) is 0 Å². The number of aryl methyl sites for hydroxylation is 3. The third-order valence-corrected chi connectivity index (χ3v) is 3.31. The fourth-order valence-electron chi connectivity index (χ4n) is 2.37.